The van der Waals surface area contributed by atoms with Crippen molar-refractivity contribution in [1.29, 1.82) is 0 Å². The van der Waals surface area contributed by atoms with E-state index in [2.05, 4.69) is 13.5 Å². The summed E-state index contributed by atoms with van der Waals surface area (Å²) in [5.74, 6) is -0.351. The zero-order chi connectivity index (χ0) is 15.0. The fraction of sp³-hybridized carbons (Fsp3) is 0.867. The Balaban J connectivity index is 2.42. The van der Waals surface area contributed by atoms with Crippen molar-refractivity contribution in [1.82, 2.24) is 0 Å². The molecule has 1 aliphatic heterocycles. The van der Waals surface area contributed by atoms with Gasteiger partial charge in [-0.3, -0.25) is 0 Å². The van der Waals surface area contributed by atoms with Crippen LogP contribution in [0, 0.1) is 5.92 Å². The number of ether oxygens (including phenoxy) is 5. The van der Waals surface area contributed by atoms with Gasteiger partial charge < -0.3 is 23.7 Å². The highest BCUT2D eigenvalue weighted by Crippen LogP contribution is 2.30. The van der Waals surface area contributed by atoms with Crippen molar-refractivity contribution >= 4 is 0 Å². The molecule has 0 aromatic carbocycles. The van der Waals surface area contributed by atoms with E-state index in [1.165, 1.54) is 0 Å². The van der Waals surface area contributed by atoms with Gasteiger partial charge in [-0.05, 0) is 27.2 Å². The number of rotatable bonds is 9. The maximum Gasteiger partial charge on any atom is 0.163 e. The van der Waals surface area contributed by atoms with Gasteiger partial charge in [-0.2, -0.15) is 0 Å². The van der Waals surface area contributed by atoms with Crippen LogP contribution in [-0.4, -0.2) is 51.7 Å². The monoisotopic (exact) mass is 288 g/mol. The molecule has 5 heteroatoms. The molecule has 0 bridgehead atoms. The quantitative estimate of drug-likeness (QED) is 0.370. The fourth-order valence-corrected chi connectivity index (χ4v) is 2.28. The van der Waals surface area contributed by atoms with E-state index in [4.69, 9.17) is 23.7 Å². The normalized spacial score (nSPS) is 27.2. The molecule has 0 aliphatic carbocycles. The van der Waals surface area contributed by atoms with E-state index in [0.29, 0.717) is 19.8 Å². The molecule has 0 N–H and O–H groups in total. The number of hydrogen-bond acceptors (Lipinski definition) is 5. The summed E-state index contributed by atoms with van der Waals surface area (Å²) in [6.45, 7) is 11.6. The van der Waals surface area contributed by atoms with Crippen LogP contribution in [0.4, 0.5) is 0 Å². The molecule has 20 heavy (non-hydrogen) atoms. The fourth-order valence-electron chi connectivity index (χ4n) is 2.28. The predicted octanol–water partition coefficient (Wildman–Crippen LogP) is 2.36. The highest BCUT2D eigenvalue weighted by Gasteiger charge is 2.38. The molecule has 0 radical (unpaired) electrons. The van der Waals surface area contributed by atoms with Crippen LogP contribution < -0.4 is 0 Å². The standard InChI is InChI=1S/C15H28O5/c1-6-7-14(18-11-17-9-8-16-5)13-10-19-15(3,4)20-12(13)2/h6,12-14H,1,7-11H2,2-5H3/t12-,13-,14+/m1/s1. The number of hydrogen-bond donors (Lipinski definition) is 0. The third-order valence-corrected chi connectivity index (χ3v) is 3.37. The van der Waals surface area contributed by atoms with Crippen LogP contribution in [-0.2, 0) is 23.7 Å². The second-order valence-electron chi connectivity index (χ2n) is 5.45. The molecule has 1 fully saturated rings. The van der Waals surface area contributed by atoms with Gasteiger partial charge >= 0.3 is 0 Å². The van der Waals surface area contributed by atoms with Crippen molar-refractivity contribution in [2.24, 2.45) is 5.92 Å². The Morgan fingerprint density at radius 2 is 2.15 bits per heavy atom. The van der Waals surface area contributed by atoms with Gasteiger partial charge in [-0.1, -0.05) is 6.08 Å². The molecule has 0 spiro atoms. The van der Waals surface area contributed by atoms with Crippen molar-refractivity contribution in [3.63, 3.8) is 0 Å². The van der Waals surface area contributed by atoms with Crippen molar-refractivity contribution in [2.45, 2.75) is 45.2 Å². The molecule has 1 saturated heterocycles. The molecule has 5 nitrogen and oxygen atoms in total. The average molecular weight is 288 g/mol. The second kappa shape index (κ2) is 8.74. The third-order valence-electron chi connectivity index (χ3n) is 3.37. The summed E-state index contributed by atoms with van der Waals surface area (Å²) in [6, 6.07) is 0. The van der Waals surface area contributed by atoms with E-state index < -0.39 is 5.79 Å². The molecule has 118 valence electrons. The summed E-state index contributed by atoms with van der Waals surface area (Å²) >= 11 is 0. The first-order valence-corrected chi connectivity index (χ1v) is 7.11. The van der Waals surface area contributed by atoms with Gasteiger partial charge in [-0.15, -0.1) is 6.58 Å². The lowest BCUT2D eigenvalue weighted by molar-refractivity contribution is -0.303. The Labute approximate surface area is 122 Å². The summed E-state index contributed by atoms with van der Waals surface area (Å²) in [5, 5.41) is 0. The Morgan fingerprint density at radius 3 is 2.75 bits per heavy atom. The van der Waals surface area contributed by atoms with Crippen LogP contribution in [0.1, 0.15) is 27.2 Å². The summed E-state index contributed by atoms with van der Waals surface area (Å²) in [4.78, 5) is 0. The largest absolute Gasteiger partial charge is 0.382 e. The summed E-state index contributed by atoms with van der Waals surface area (Å²) < 4.78 is 27.7. The first kappa shape index (κ1) is 17.6. The van der Waals surface area contributed by atoms with E-state index in [0.717, 1.165) is 6.42 Å². The minimum Gasteiger partial charge on any atom is -0.382 e. The lowest BCUT2D eigenvalue weighted by atomic mass is 9.93. The van der Waals surface area contributed by atoms with Gasteiger partial charge in [0.1, 0.15) is 6.79 Å². The minimum atomic E-state index is -0.524. The minimum absolute atomic E-state index is 0.0128. The molecule has 3 atom stereocenters. The predicted molar refractivity (Wildman–Crippen MR) is 76.5 cm³/mol. The molecule has 0 aromatic heterocycles. The van der Waals surface area contributed by atoms with Crippen LogP contribution in [0.15, 0.2) is 12.7 Å². The van der Waals surface area contributed by atoms with E-state index in [1.807, 2.05) is 19.9 Å². The van der Waals surface area contributed by atoms with Gasteiger partial charge in [-0.25, -0.2) is 0 Å². The molecule has 0 aromatic rings. The second-order valence-corrected chi connectivity index (χ2v) is 5.45. The molecule has 1 heterocycles. The van der Waals surface area contributed by atoms with Crippen LogP contribution >= 0.6 is 0 Å². The van der Waals surface area contributed by atoms with E-state index in [1.54, 1.807) is 7.11 Å². The zero-order valence-electron chi connectivity index (χ0n) is 13.1. The molecule has 0 unspecified atom stereocenters. The molecular weight excluding hydrogens is 260 g/mol. The third kappa shape index (κ3) is 5.89. The van der Waals surface area contributed by atoms with Crippen LogP contribution in [0.25, 0.3) is 0 Å². The SMILES string of the molecule is C=CC[C@H](OCOCCOC)[C@@H]1COC(C)(C)O[C@@H]1C. The smallest absolute Gasteiger partial charge is 0.163 e. The maximum atomic E-state index is 5.86. The van der Waals surface area contributed by atoms with Crippen LogP contribution in [0.5, 0.6) is 0 Å². The molecular formula is C15H28O5. The highest BCUT2D eigenvalue weighted by atomic mass is 16.7. The van der Waals surface area contributed by atoms with E-state index in [9.17, 15) is 0 Å². The van der Waals surface area contributed by atoms with Gasteiger partial charge in [0.15, 0.2) is 5.79 Å². The van der Waals surface area contributed by atoms with Crippen molar-refractivity contribution in [3.8, 4) is 0 Å². The average Bonchev–Trinajstić information content (AvgIpc) is 2.37. The summed E-state index contributed by atoms with van der Waals surface area (Å²) in [6.07, 6.45) is 2.66. The van der Waals surface area contributed by atoms with Crippen LogP contribution in [0.2, 0.25) is 0 Å². The Bertz CT molecular complexity index is 279. The lowest BCUT2D eigenvalue weighted by Crippen LogP contribution is -2.49. The van der Waals surface area contributed by atoms with Crippen molar-refractivity contribution < 1.29 is 23.7 Å². The Hall–Kier alpha value is -0.460. The van der Waals surface area contributed by atoms with Gasteiger partial charge in [0, 0.05) is 13.0 Å². The maximum absolute atomic E-state index is 5.86. The topological polar surface area (TPSA) is 46.2 Å². The van der Waals surface area contributed by atoms with Crippen molar-refractivity contribution in [2.75, 3.05) is 33.7 Å². The summed E-state index contributed by atoms with van der Waals surface area (Å²) in [7, 11) is 1.64. The van der Waals surface area contributed by atoms with E-state index in [-0.39, 0.29) is 24.9 Å². The Kier molecular flexibility index (Phi) is 7.69. The van der Waals surface area contributed by atoms with Gasteiger partial charge in [0.25, 0.3) is 0 Å². The number of methoxy groups -OCH3 is 1. The van der Waals surface area contributed by atoms with Crippen molar-refractivity contribution in [3.05, 3.63) is 12.7 Å². The molecule has 1 rings (SSSR count). The molecule has 1 aliphatic rings. The van der Waals surface area contributed by atoms with Crippen LogP contribution in [0.3, 0.4) is 0 Å². The summed E-state index contributed by atoms with van der Waals surface area (Å²) in [5.41, 5.74) is 0. The molecule has 0 amide bonds. The highest BCUT2D eigenvalue weighted by molar-refractivity contribution is 4.85. The Morgan fingerprint density at radius 1 is 1.40 bits per heavy atom. The van der Waals surface area contributed by atoms with Gasteiger partial charge in [0.05, 0.1) is 32.0 Å². The van der Waals surface area contributed by atoms with Gasteiger partial charge in [0.2, 0.25) is 0 Å². The first-order valence-electron chi connectivity index (χ1n) is 7.11. The first-order chi connectivity index (χ1) is 9.50. The lowest BCUT2D eigenvalue weighted by Gasteiger charge is -2.42. The van der Waals surface area contributed by atoms with E-state index >= 15 is 0 Å². The molecule has 0 saturated carbocycles. The zero-order valence-corrected chi connectivity index (χ0v) is 13.1.